The van der Waals surface area contributed by atoms with Crippen molar-refractivity contribution in [3.63, 3.8) is 0 Å². The predicted molar refractivity (Wildman–Crippen MR) is 289 cm³/mol. The van der Waals surface area contributed by atoms with Crippen LogP contribution in [0.1, 0.15) is 112 Å². The lowest BCUT2D eigenvalue weighted by Crippen LogP contribution is -2.11. The highest BCUT2D eigenvalue weighted by atomic mass is 16.5. The summed E-state index contributed by atoms with van der Waals surface area (Å²) in [5.41, 5.74) is 15.5. The molecule has 0 bridgehead atoms. The van der Waals surface area contributed by atoms with E-state index in [9.17, 15) is 19.2 Å². The van der Waals surface area contributed by atoms with Gasteiger partial charge in [0.25, 0.3) is 0 Å². The number of rotatable bonds is 27. The molecule has 0 aliphatic carbocycles. The zero-order valence-electron chi connectivity index (χ0n) is 43.2. The van der Waals surface area contributed by atoms with Crippen LogP contribution >= 0.6 is 0 Å². The van der Waals surface area contributed by atoms with Crippen LogP contribution in [0, 0.1) is 13.8 Å². The summed E-state index contributed by atoms with van der Waals surface area (Å²) in [7, 11) is 0. The summed E-state index contributed by atoms with van der Waals surface area (Å²) in [5.74, 6) is -0.695. The fourth-order valence-electron chi connectivity index (χ4n) is 8.55. The van der Waals surface area contributed by atoms with Gasteiger partial charge in [0.05, 0.1) is 26.4 Å². The number of hydrogen-bond acceptors (Lipinski definition) is 10. The van der Waals surface area contributed by atoms with Crippen LogP contribution in [0.5, 0.6) is 0 Å². The van der Waals surface area contributed by atoms with E-state index in [0.717, 1.165) is 96.6 Å². The van der Waals surface area contributed by atoms with Crippen LogP contribution in [-0.2, 0) is 63.8 Å². The first-order valence-corrected chi connectivity index (χ1v) is 25.8. The van der Waals surface area contributed by atoms with Crippen LogP contribution in [0.25, 0.3) is 11.1 Å². The second-order valence-electron chi connectivity index (χ2n) is 18.0. The predicted octanol–water partition coefficient (Wildman–Crippen LogP) is 14.5. The number of nitrogens with zero attached hydrogens (tertiary/aromatic N) is 2. The highest BCUT2D eigenvalue weighted by molar-refractivity contribution is 5.81. The Morgan fingerprint density at radius 2 is 0.611 bits per heavy atom. The summed E-state index contributed by atoms with van der Waals surface area (Å²) in [6.07, 6.45) is 7.81. The molecule has 0 heterocycles. The van der Waals surface area contributed by atoms with E-state index in [0.29, 0.717) is 52.1 Å². The van der Waals surface area contributed by atoms with Gasteiger partial charge in [0.15, 0.2) is 0 Å². The molecule has 0 atom stereocenters. The molecule has 10 heteroatoms. The second-order valence-corrected chi connectivity index (χ2v) is 18.0. The van der Waals surface area contributed by atoms with Crippen molar-refractivity contribution < 1.29 is 38.1 Å². The summed E-state index contributed by atoms with van der Waals surface area (Å²) in [6.45, 7) is 13.1. The molecule has 10 nitrogen and oxygen atoms in total. The molecular weight excluding hydrogens is 901 g/mol. The molecule has 6 rings (SSSR count). The molecule has 0 aliphatic heterocycles. The molecule has 0 aliphatic rings. The Labute approximate surface area is 427 Å². The van der Waals surface area contributed by atoms with Crippen LogP contribution in [0.3, 0.4) is 0 Å². The van der Waals surface area contributed by atoms with Crippen LogP contribution in [-0.4, -0.2) is 50.3 Å². The summed E-state index contributed by atoms with van der Waals surface area (Å²) >= 11 is 0. The number of benzene rings is 6. The van der Waals surface area contributed by atoms with Crippen molar-refractivity contribution in [2.24, 2.45) is 0 Å². The van der Waals surface area contributed by atoms with E-state index < -0.39 is 0 Å². The Hall–Kier alpha value is -7.20. The number of esters is 4. The highest BCUT2D eigenvalue weighted by Crippen LogP contribution is 2.39. The van der Waals surface area contributed by atoms with E-state index in [2.05, 4.69) is 157 Å². The molecule has 72 heavy (non-hydrogen) atoms. The van der Waals surface area contributed by atoms with E-state index >= 15 is 0 Å². The molecule has 0 aromatic heterocycles. The lowest BCUT2D eigenvalue weighted by Gasteiger charge is -2.27. The Morgan fingerprint density at radius 3 is 0.889 bits per heavy atom. The van der Waals surface area contributed by atoms with Gasteiger partial charge in [0.1, 0.15) is 0 Å². The minimum Gasteiger partial charge on any atom is -0.466 e. The smallest absolute Gasteiger partial charge is 0.305 e. The molecule has 0 saturated heterocycles. The van der Waals surface area contributed by atoms with Crippen molar-refractivity contribution >= 4 is 58.0 Å². The van der Waals surface area contributed by atoms with Crippen molar-refractivity contribution in [1.82, 2.24) is 0 Å². The van der Waals surface area contributed by atoms with E-state index in [1.54, 1.807) is 13.8 Å². The SMILES string of the molecule is CCC(=O)OCCCc1ccc(N(c2ccc(-c3ccc(N(c4ccc(CCCOC(=O)CC)cc4)c4ccc(CCCOC(=O)CC)c(C)c4)cc3)cc2)c2ccc(CCCOC(=O)CC)c(C)c2)cc1. The highest BCUT2D eigenvalue weighted by Gasteiger charge is 2.17. The molecule has 378 valence electrons. The van der Waals surface area contributed by atoms with Crippen LogP contribution < -0.4 is 9.80 Å². The molecule has 6 aromatic carbocycles. The summed E-state index contributed by atoms with van der Waals surface area (Å²) in [4.78, 5) is 51.2. The van der Waals surface area contributed by atoms with Crippen LogP contribution in [0.2, 0.25) is 0 Å². The average Bonchev–Trinajstić information content (AvgIpc) is 3.41. The molecule has 6 aromatic rings. The summed E-state index contributed by atoms with van der Waals surface area (Å²) in [5, 5.41) is 0. The quantitative estimate of drug-likeness (QED) is 0.0281. The topological polar surface area (TPSA) is 112 Å². The molecular formula is C62H72N2O8. The second kappa shape index (κ2) is 28.0. The number of hydrogen-bond donors (Lipinski definition) is 0. The normalized spacial score (nSPS) is 10.9. The van der Waals surface area contributed by atoms with Gasteiger partial charge in [-0.1, -0.05) is 88.4 Å². The van der Waals surface area contributed by atoms with Gasteiger partial charge in [-0.25, -0.2) is 0 Å². The number of carbonyl (C=O) groups is 4. The fourth-order valence-corrected chi connectivity index (χ4v) is 8.55. The maximum Gasteiger partial charge on any atom is 0.305 e. The maximum absolute atomic E-state index is 11.7. The van der Waals surface area contributed by atoms with E-state index in [1.165, 1.54) is 33.4 Å². The molecule has 0 spiro atoms. The van der Waals surface area contributed by atoms with Gasteiger partial charge in [-0.2, -0.15) is 0 Å². The van der Waals surface area contributed by atoms with E-state index in [-0.39, 0.29) is 23.9 Å². The first-order chi connectivity index (χ1) is 35.0. The van der Waals surface area contributed by atoms with Crippen LogP contribution in [0.15, 0.2) is 133 Å². The molecule has 0 fully saturated rings. The standard InChI is InChI=1S/C62H72N2O8/c1-7-59(65)69-39-11-15-47-19-29-53(30-20-47)63(57-37-23-49(45(5)43-57)17-13-41-71-61(67)9-3)55-33-25-51(26-34-55)52-27-35-56(36-28-52)64(54-31-21-48(22-32-54)16-12-40-70-60(66)8-2)58-38-24-50(46(6)44-58)18-14-42-72-62(68)10-4/h19-38,43-44H,7-18,39-42H2,1-6H3. The maximum atomic E-state index is 11.7. The van der Waals surface area contributed by atoms with Gasteiger partial charge < -0.3 is 28.7 Å². The van der Waals surface area contributed by atoms with Crippen molar-refractivity contribution in [1.29, 1.82) is 0 Å². The Kier molecular flexibility index (Phi) is 21.1. The first-order valence-electron chi connectivity index (χ1n) is 25.8. The fraction of sp³-hybridized carbons (Fsp3) is 0.355. The molecule has 0 radical (unpaired) electrons. The third-order valence-corrected chi connectivity index (χ3v) is 12.7. The van der Waals surface area contributed by atoms with Crippen molar-refractivity contribution in [2.45, 2.75) is 119 Å². The minimum atomic E-state index is -0.174. The third-order valence-electron chi connectivity index (χ3n) is 12.7. The van der Waals surface area contributed by atoms with Crippen molar-refractivity contribution in [3.05, 3.63) is 167 Å². The number of carbonyl (C=O) groups excluding carboxylic acids is 4. The van der Waals surface area contributed by atoms with Crippen molar-refractivity contribution in [2.75, 3.05) is 36.2 Å². The largest absolute Gasteiger partial charge is 0.466 e. The zero-order valence-corrected chi connectivity index (χ0v) is 43.2. The van der Waals surface area contributed by atoms with E-state index in [4.69, 9.17) is 18.9 Å². The molecule has 0 amide bonds. The molecule has 0 N–H and O–H groups in total. The molecule has 0 saturated carbocycles. The summed E-state index contributed by atoms with van der Waals surface area (Å²) in [6, 6.07) is 47.7. The number of ether oxygens (including phenoxy) is 4. The van der Waals surface area contributed by atoms with E-state index in [1.807, 2.05) is 13.8 Å². The van der Waals surface area contributed by atoms with Gasteiger partial charge >= 0.3 is 23.9 Å². The molecule has 0 unspecified atom stereocenters. The van der Waals surface area contributed by atoms with Gasteiger partial charge in [-0.05, 0) is 183 Å². The Morgan fingerprint density at radius 1 is 0.347 bits per heavy atom. The van der Waals surface area contributed by atoms with Gasteiger partial charge in [0.2, 0.25) is 0 Å². The third kappa shape index (κ3) is 15.9. The van der Waals surface area contributed by atoms with Gasteiger partial charge in [-0.15, -0.1) is 0 Å². The average molecular weight is 973 g/mol. The lowest BCUT2D eigenvalue weighted by molar-refractivity contribution is -0.144. The number of anilines is 6. The zero-order chi connectivity index (χ0) is 51.2. The summed E-state index contributed by atoms with van der Waals surface area (Å²) < 4.78 is 21.3. The Balaban J connectivity index is 1.25. The van der Waals surface area contributed by atoms with Crippen LogP contribution in [0.4, 0.5) is 34.1 Å². The van der Waals surface area contributed by atoms with Gasteiger partial charge in [0, 0.05) is 59.8 Å². The Bertz CT molecular complexity index is 2490. The first kappa shape index (κ1) is 54.1. The monoisotopic (exact) mass is 973 g/mol. The minimum absolute atomic E-state index is 0.173. The van der Waals surface area contributed by atoms with Crippen molar-refractivity contribution in [3.8, 4) is 11.1 Å². The lowest BCUT2D eigenvalue weighted by atomic mass is 10.0. The van der Waals surface area contributed by atoms with Gasteiger partial charge in [-0.3, -0.25) is 19.2 Å². The number of aryl methyl sites for hydroxylation is 6.